The van der Waals surface area contributed by atoms with Gasteiger partial charge in [-0.3, -0.25) is 0 Å². The predicted molar refractivity (Wildman–Crippen MR) is 79.6 cm³/mol. The third-order valence-electron chi connectivity index (χ3n) is 3.80. The molecule has 0 amide bonds. The monoisotopic (exact) mass is 262 g/mol. The highest BCUT2D eigenvalue weighted by Crippen LogP contribution is 2.18. The molecule has 2 unspecified atom stereocenters. The van der Waals surface area contributed by atoms with Crippen LogP contribution in [0.2, 0.25) is 0 Å². The molecule has 1 saturated heterocycles. The van der Waals surface area contributed by atoms with E-state index in [1.165, 1.54) is 24.9 Å². The van der Waals surface area contributed by atoms with Crippen LogP contribution in [0.3, 0.4) is 0 Å². The second-order valence-corrected chi connectivity index (χ2v) is 5.34. The van der Waals surface area contributed by atoms with E-state index in [0.29, 0.717) is 6.04 Å². The third-order valence-corrected chi connectivity index (χ3v) is 3.80. The van der Waals surface area contributed by atoms with Gasteiger partial charge in [-0.15, -0.1) is 0 Å². The lowest BCUT2D eigenvalue weighted by atomic mass is 9.99. The summed E-state index contributed by atoms with van der Waals surface area (Å²) in [6, 6.07) is 8.82. The van der Waals surface area contributed by atoms with Gasteiger partial charge in [0.2, 0.25) is 0 Å². The van der Waals surface area contributed by atoms with E-state index in [0.717, 1.165) is 31.4 Å². The lowest BCUT2D eigenvalue weighted by molar-refractivity contribution is 0.339. The van der Waals surface area contributed by atoms with Crippen LogP contribution in [0.15, 0.2) is 24.3 Å². The number of hydrogen-bond donors (Lipinski definition) is 2. The fourth-order valence-electron chi connectivity index (χ4n) is 2.58. The minimum atomic E-state index is 0.401. The van der Waals surface area contributed by atoms with Crippen LogP contribution < -0.4 is 15.4 Å². The highest BCUT2D eigenvalue weighted by atomic mass is 16.5. The molecule has 106 valence electrons. The zero-order valence-corrected chi connectivity index (χ0v) is 12.1. The van der Waals surface area contributed by atoms with E-state index in [-0.39, 0.29) is 0 Å². The number of rotatable bonds is 6. The SMILES string of the molecule is CCOc1ccc(C(C)NCC2CCCNC2)cc1. The molecule has 0 bridgehead atoms. The maximum atomic E-state index is 5.47. The topological polar surface area (TPSA) is 33.3 Å². The Labute approximate surface area is 116 Å². The molecule has 1 fully saturated rings. The van der Waals surface area contributed by atoms with Crippen molar-refractivity contribution in [3.63, 3.8) is 0 Å². The smallest absolute Gasteiger partial charge is 0.119 e. The third kappa shape index (κ3) is 4.51. The number of hydrogen-bond acceptors (Lipinski definition) is 3. The summed E-state index contributed by atoms with van der Waals surface area (Å²) >= 11 is 0. The molecule has 1 aliphatic rings. The Bertz CT molecular complexity index is 358. The van der Waals surface area contributed by atoms with Crippen molar-refractivity contribution in [2.45, 2.75) is 32.7 Å². The number of piperidine rings is 1. The van der Waals surface area contributed by atoms with E-state index < -0.39 is 0 Å². The van der Waals surface area contributed by atoms with Crippen LogP contribution in [0.25, 0.3) is 0 Å². The van der Waals surface area contributed by atoms with Gasteiger partial charge in [-0.2, -0.15) is 0 Å². The van der Waals surface area contributed by atoms with E-state index in [1.807, 2.05) is 6.92 Å². The summed E-state index contributed by atoms with van der Waals surface area (Å²) in [6.07, 6.45) is 2.65. The molecule has 1 heterocycles. The molecule has 1 aliphatic heterocycles. The molecule has 19 heavy (non-hydrogen) atoms. The zero-order valence-electron chi connectivity index (χ0n) is 12.1. The van der Waals surface area contributed by atoms with Gasteiger partial charge in [0, 0.05) is 6.04 Å². The van der Waals surface area contributed by atoms with Gasteiger partial charge in [-0.1, -0.05) is 12.1 Å². The number of ether oxygens (including phenoxy) is 1. The summed E-state index contributed by atoms with van der Waals surface area (Å²) in [5.74, 6) is 1.73. The van der Waals surface area contributed by atoms with Gasteiger partial charge in [0.25, 0.3) is 0 Å². The van der Waals surface area contributed by atoms with Crippen LogP contribution in [0, 0.1) is 5.92 Å². The van der Waals surface area contributed by atoms with Crippen LogP contribution in [-0.4, -0.2) is 26.2 Å². The van der Waals surface area contributed by atoms with Crippen molar-refractivity contribution >= 4 is 0 Å². The summed E-state index contributed by atoms with van der Waals surface area (Å²) in [6.45, 7) is 8.40. The lowest BCUT2D eigenvalue weighted by Crippen LogP contribution is -2.36. The fourth-order valence-corrected chi connectivity index (χ4v) is 2.58. The second-order valence-electron chi connectivity index (χ2n) is 5.34. The average molecular weight is 262 g/mol. The maximum Gasteiger partial charge on any atom is 0.119 e. The first kappa shape index (κ1) is 14.4. The van der Waals surface area contributed by atoms with Gasteiger partial charge in [-0.05, 0) is 69.9 Å². The molecule has 2 atom stereocenters. The number of nitrogens with one attached hydrogen (secondary N) is 2. The highest BCUT2D eigenvalue weighted by molar-refractivity contribution is 5.28. The standard InChI is InChI=1S/C16H26N2O/c1-3-19-16-8-6-15(7-9-16)13(2)18-12-14-5-4-10-17-11-14/h6-9,13-14,17-18H,3-5,10-12H2,1-2H3. The van der Waals surface area contributed by atoms with Crippen molar-refractivity contribution in [1.82, 2.24) is 10.6 Å². The molecule has 1 aromatic rings. The Kier molecular flexibility index (Phi) is 5.67. The van der Waals surface area contributed by atoms with Crippen LogP contribution in [0.4, 0.5) is 0 Å². The van der Waals surface area contributed by atoms with Crippen molar-refractivity contribution in [1.29, 1.82) is 0 Å². The molecule has 0 spiro atoms. The Morgan fingerprint density at radius 3 is 2.79 bits per heavy atom. The molecule has 3 nitrogen and oxygen atoms in total. The zero-order chi connectivity index (χ0) is 13.5. The minimum absolute atomic E-state index is 0.401. The summed E-state index contributed by atoms with van der Waals surface area (Å²) in [5.41, 5.74) is 1.33. The normalized spacial score (nSPS) is 21.1. The molecule has 0 aromatic heterocycles. The first-order valence-electron chi connectivity index (χ1n) is 7.46. The summed E-state index contributed by atoms with van der Waals surface area (Å²) in [4.78, 5) is 0. The first-order valence-corrected chi connectivity index (χ1v) is 7.46. The average Bonchev–Trinajstić information content (AvgIpc) is 2.47. The molecule has 0 saturated carbocycles. The van der Waals surface area contributed by atoms with Gasteiger partial charge >= 0.3 is 0 Å². The Hall–Kier alpha value is -1.06. The molecule has 3 heteroatoms. The van der Waals surface area contributed by atoms with Crippen LogP contribution in [0.5, 0.6) is 5.75 Å². The molecular weight excluding hydrogens is 236 g/mol. The lowest BCUT2D eigenvalue weighted by Gasteiger charge is -2.25. The molecular formula is C16H26N2O. The first-order chi connectivity index (χ1) is 9.29. The van der Waals surface area contributed by atoms with Crippen molar-refractivity contribution in [3.8, 4) is 5.75 Å². The van der Waals surface area contributed by atoms with Gasteiger partial charge in [0.1, 0.15) is 5.75 Å². The maximum absolute atomic E-state index is 5.47. The summed E-state index contributed by atoms with van der Waals surface area (Å²) < 4.78 is 5.47. The molecule has 1 aromatic carbocycles. The van der Waals surface area contributed by atoms with Crippen molar-refractivity contribution in [2.75, 3.05) is 26.2 Å². The largest absolute Gasteiger partial charge is 0.494 e. The number of benzene rings is 1. The van der Waals surface area contributed by atoms with Gasteiger partial charge in [0.05, 0.1) is 6.61 Å². The van der Waals surface area contributed by atoms with Gasteiger partial charge in [-0.25, -0.2) is 0 Å². The van der Waals surface area contributed by atoms with Crippen molar-refractivity contribution in [3.05, 3.63) is 29.8 Å². The Morgan fingerprint density at radius 1 is 1.37 bits per heavy atom. The van der Waals surface area contributed by atoms with Gasteiger partial charge < -0.3 is 15.4 Å². The van der Waals surface area contributed by atoms with E-state index in [9.17, 15) is 0 Å². The minimum Gasteiger partial charge on any atom is -0.494 e. The van der Waals surface area contributed by atoms with Crippen LogP contribution in [-0.2, 0) is 0 Å². The van der Waals surface area contributed by atoms with Crippen LogP contribution >= 0.6 is 0 Å². The second kappa shape index (κ2) is 7.51. The molecule has 0 aliphatic carbocycles. The Balaban J connectivity index is 1.79. The van der Waals surface area contributed by atoms with Crippen LogP contribution in [0.1, 0.15) is 38.3 Å². The summed E-state index contributed by atoms with van der Waals surface area (Å²) in [7, 11) is 0. The Morgan fingerprint density at radius 2 is 2.16 bits per heavy atom. The van der Waals surface area contributed by atoms with E-state index in [4.69, 9.17) is 4.74 Å². The fraction of sp³-hybridized carbons (Fsp3) is 0.625. The predicted octanol–water partition coefficient (Wildman–Crippen LogP) is 2.74. The molecule has 2 N–H and O–H groups in total. The van der Waals surface area contributed by atoms with E-state index in [2.05, 4.69) is 41.8 Å². The summed E-state index contributed by atoms with van der Waals surface area (Å²) in [5, 5.41) is 7.10. The van der Waals surface area contributed by atoms with Crippen molar-refractivity contribution in [2.24, 2.45) is 5.92 Å². The highest BCUT2D eigenvalue weighted by Gasteiger charge is 2.14. The molecule has 2 rings (SSSR count). The quantitative estimate of drug-likeness (QED) is 0.827. The van der Waals surface area contributed by atoms with Crippen molar-refractivity contribution < 1.29 is 4.74 Å². The molecule has 0 radical (unpaired) electrons. The van der Waals surface area contributed by atoms with E-state index >= 15 is 0 Å². The van der Waals surface area contributed by atoms with Gasteiger partial charge in [0.15, 0.2) is 0 Å². The van der Waals surface area contributed by atoms with E-state index in [1.54, 1.807) is 0 Å².